The van der Waals surface area contributed by atoms with E-state index in [1.54, 1.807) is 19.1 Å². The topological polar surface area (TPSA) is 75.3 Å². The van der Waals surface area contributed by atoms with Gasteiger partial charge >= 0.3 is 0 Å². The van der Waals surface area contributed by atoms with E-state index in [0.717, 1.165) is 49.3 Å². The van der Waals surface area contributed by atoms with Crippen LogP contribution in [0, 0.1) is 18.7 Å². The Kier molecular flexibility index (Phi) is 5.92. The molecule has 4 rings (SSSR count). The number of halogens is 1. The van der Waals surface area contributed by atoms with Gasteiger partial charge in [0.25, 0.3) is 0 Å². The van der Waals surface area contributed by atoms with Gasteiger partial charge in [-0.3, -0.25) is 0 Å². The molecular formula is C23H27FN4O2. The van der Waals surface area contributed by atoms with Crippen LogP contribution in [-0.2, 0) is 12.0 Å². The summed E-state index contributed by atoms with van der Waals surface area (Å²) in [6.45, 7) is 6.03. The zero-order valence-corrected chi connectivity index (χ0v) is 17.4. The Bertz CT molecular complexity index is 979. The third-order valence-electron chi connectivity index (χ3n) is 5.75. The van der Waals surface area contributed by atoms with Gasteiger partial charge in [-0.25, -0.2) is 9.37 Å². The van der Waals surface area contributed by atoms with Crippen LogP contribution in [0.4, 0.5) is 4.39 Å². The minimum atomic E-state index is -1.01. The van der Waals surface area contributed by atoms with E-state index in [2.05, 4.69) is 20.0 Å². The minimum absolute atomic E-state index is 0.294. The first kappa shape index (κ1) is 20.6. The Hall–Kier alpha value is -2.64. The Morgan fingerprint density at radius 2 is 1.87 bits per heavy atom. The fourth-order valence-electron chi connectivity index (χ4n) is 4.04. The molecule has 1 aliphatic heterocycles. The first-order chi connectivity index (χ1) is 14.4. The first-order valence-corrected chi connectivity index (χ1v) is 10.4. The van der Waals surface area contributed by atoms with Gasteiger partial charge in [0.1, 0.15) is 11.5 Å². The highest BCUT2D eigenvalue weighted by molar-refractivity contribution is 5.47. The molecule has 6 nitrogen and oxygen atoms in total. The van der Waals surface area contributed by atoms with Crippen molar-refractivity contribution in [2.24, 2.45) is 5.92 Å². The Balaban J connectivity index is 1.30. The lowest BCUT2D eigenvalue weighted by Crippen LogP contribution is -2.43. The fraction of sp³-hybridized carbons (Fsp3) is 0.435. The maximum absolute atomic E-state index is 13.2. The van der Waals surface area contributed by atoms with Gasteiger partial charge in [-0.1, -0.05) is 23.4 Å². The predicted octanol–water partition coefficient (Wildman–Crippen LogP) is 3.74. The molecule has 0 spiro atoms. The third-order valence-corrected chi connectivity index (χ3v) is 5.75. The van der Waals surface area contributed by atoms with Crippen molar-refractivity contribution in [1.82, 2.24) is 20.0 Å². The molecule has 30 heavy (non-hydrogen) atoms. The number of benzene rings is 1. The molecule has 1 saturated heterocycles. The first-order valence-electron chi connectivity index (χ1n) is 10.4. The predicted molar refractivity (Wildman–Crippen MR) is 111 cm³/mol. The second kappa shape index (κ2) is 8.62. The summed E-state index contributed by atoms with van der Waals surface area (Å²) in [7, 11) is 0. The van der Waals surface area contributed by atoms with Crippen molar-refractivity contribution in [2.75, 3.05) is 19.6 Å². The molecule has 1 aromatic carbocycles. The summed E-state index contributed by atoms with van der Waals surface area (Å²) in [5, 5.41) is 14.9. The highest BCUT2D eigenvalue weighted by atomic mass is 19.1. The molecule has 3 aromatic rings. The molecule has 7 heteroatoms. The molecule has 0 aliphatic carbocycles. The number of aliphatic hydroxyl groups is 1. The van der Waals surface area contributed by atoms with Crippen molar-refractivity contribution in [3.05, 3.63) is 65.4 Å². The molecule has 1 aliphatic rings. The van der Waals surface area contributed by atoms with Gasteiger partial charge in [0.15, 0.2) is 0 Å². The van der Waals surface area contributed by atoms with Crippen LogP contribution in [0.2, 0.25) is 0 Å². The van der Waals surface area contributed by atoms with Gasteiger partial charge in [0, 0.05) is 18.7 Å². The lowest BCUT2D eigenvalue weighted by molar-refractivity contribution is 0.00536. The Morgan fingerprint density at radius 1 is 1.13 bits per heavy atom. The molecular weight excluding hydrogens is 383 g/mol. The maximum atomic E-state index is 13.2. The number of hydrogen-bond donors (Lipinski definition) is 1. The highest BCUT2D eigenvalue weighted by Gasteiger charge is 2.29. The van der Waals surface area contributed by atoms with Crippen molar-refractivity contribution in [3.63, 3.8) is 0 Å². The van der Waals surface area contributed by atoms with Crippen molar-refractivity contribution in [1.29, 1.82) is 0 Å². The Morgan fingerprint density at radius 3 is 2.57 bits per heavy atom. The smallest absolute Gasteiger partial charge is 0.227 e. The number of β-amino-alcohol motifs (C(OH)–C–C–N with tert-alkyl or cyclic N) is 1. The lowest BCUT2D eigenvalue weighted by Gasteiger charge is -2.36. The van der Waals surface area contributed by atoms with Gasteiger partial charge in [0.05, 0.1) is 5.60 Å². The largest absolute Gasteiger partial charge is 0.384 e. The number of nitrogens with zero attached hydrogens (tertiary/aromatic N) is 4. The van der Waals surface area contributed by atoms with E-state index < -0.39 is 5.60 Å². The zero-order chi connectivity index (χ0) is 21.1. The molecule has 3 heterocycles. The van der Waals surface area contributed by atoms with Crippen LogP contribution in [0.1, 0.15) is 36.9 Å². The van der Waals surface area contributed by atoms with E-state index in [1.807, 2.05) is 25.1 Å². The summed E-state index contributed by atoms with van der Waals surface area (Å²) in [6, 6.07) is 11.8. The second-order valence-electron chi connectivity index (χ2n) is 8.38. The third kappa shape index (κ3) is 4.91. The highest BCUT2D eigenvalue weighted by Crippen LogP contribution is 2.27. The van der Waals surface area contributed by atoms with Gasteiger partial charge in [-0.15, -0.1) is 0 Å². The fourth-order valence-corrected chi connectivity index (χ4v) is 4.04. The molecule has 1 fully saturated rings. The van der Waals surface area contributed by atoms with Crippen LogP contribution in [0.3, 0.4) is 0 Å². The summed E-state index contributed by atoms with van der Waals surface area (Å²) in [5.74, 6) is 1.35. The number of rotatable bonds is 6. The van der Waals surface area contributed by atoms with Crippen LogP contribution in [0.25, 0.3) is 11.5 Å². The molecule has 0 saturated carbocycles. The molecule has 1 unspecified atom stereocenters. The van der Waals surface area contributed by atoms with E-state index in [0.29, 0.717) is 24.2 Å². The average Bonchev–Trinajstić information content (AvgIpc) is 3.18. The van der Waals surface area contributed by atoms with Gasteiger partial charge < -0.3 is 14.5 Å². The quantitative estimate of drug-likeness (QED) is 0.667. The van der Waals surface area contributed by atoms with Crippen molar-refractivity contribution in [2.45, 2.75) is 38.7 Å². The number of hydrogen-bond acceptors (Lipinski definition) is 6. The van der Waals surface area contributed by atoms with E-state index in [1.165, 1.54) is 12.1 Å². The van der Waals surface area contributed by atoms with Crippen LogP contribution < -0.4 is 0 Å². The SMILES string of the molecule is Cc1cccc(-c2noc(CC3CCN(CC(C)(O)c4ccc(F)cc4)CC3)n2)n1. The van der Waals surface area contributed by atoms with Gasteiger partial charge in [-0.05, 0) is 75.5 Å². The van der Waals surface area contributed by atoms with E-state index in [-0.39, 0.29) is 5.82 Å². The zero-order valence-electron chi connectivity index (χ0n) is 17.4. The molecule has 0 amide bonds. The van der Waals surface area contributed by atoms with Crippen molar-refractivity contribution >= 4 is 0 Å². The summed E-state index contributed by atoms with van der Waals surface area (Å²) < 4.78 is 18.6. The monoisotopic (exact) mass is 410 g/mol. The average molecular weight is 410 g/mol. The number of pyridine rings is 1. The number of aromatic nitrogens is 3. The van der Waals surface area contributed by atoms with Gasteiger partial charge in [-0.2, -0.15) is 4.98 Å². The van der Waals surface area contributed by atoms with Gasteiger partial charge in [0.2, 0.25) is 11.7 Å². The van der Waals surface area contributed by atoms with Crippen LogP contribution >= 0.6 is 0 Å². The van der Waals surface area contributed by atoms with Crippen LogP contribution in [-0.4, -0.2) is 44.8 Å². The molecule has 1 atom stereocenters. The molecule has 0 radical (unpaired) electrons. The molecule has 158 valence electrons. The minimum Gasteiger partial charge on any atom is -0.384 e. The van der Waals surface area contributed by atoms with E-state index >= 15 is 0 Å². The normalized spacial score (nSPS) is 17.7. The molecule has 2 aromatic heterocycles. The summed E-state index contributed by atoms with van der Waals surface area (Å²) in [6.07, 6.45) is 2.75. The summed E-state index contributed by atoms with van der Waals surface area (Å²) in [4.78, 5) is 11.2. The van der Waals surface area contributed by atoms with E-state index in [9.17, 15) is 9.50 Å². The van der Waals surface area contributed by atoms with Crippen molar-refractivity contribution in [3.8, 4) is 11.5 Å². The maximum Gasteiger partial charge on any atom is 0.227 e. The summed E-state index contributed by atoms with van der Waals surface area (Å²) >= 11 is 0. The Labute approximate surface area is 175 Å². The summed E-state index contributed by atoms with van der Waals surface area (Å²) in [5.41, 5.74) is 1.36. The number of aryl methyl sites for hydroxylation is 1. The van der Waals surface area contributed by atoms with Crippen LogP contribution in [0.5, 0.6) is 0 Å². The number of likely N-dealkylation sites (tertiary alicyclic amines) is 1. The molecule has 0 bridgehead atoms. The standard InChI is InChI=1S/C23H27FN4O2/c1-16-4-3-5-20(25-16)22-26-21(30-27-22)14-17-10-12-28(13-11-17)15-23(2,29)18-6-8-19(24)9-7-18/h3-9,17,29H,10-15H2,1-2H3. The lowest BCUT2D eigenvalue weighted by atomic mass is 9.90. The number of piperidine rings is 1. The molecule has 1 N–H and O–H groups in total. The van der Waals surface area contributed by atoms with Crippen LogP contribution in [0.15, 0.2) is 47.0 Å². The van der Waals surface area contributed by atoms with E-state index in [4.69, 9.17) is 4.52 Å². The second-order valence-corrected chi connectivity index (χ2v) is 8.38. The van der Waals surface area contributed by atoms with Crippen molar-refractivity contribution < 1.29 is 14.0 Å².